The average Bonchev–Trinajstić information content (AvgIpc) is 2.51. The normalized spacial score (nSPS) is 31.7. The van der Waals surface area contributed by atoms with Crippen molar-refractivity contribution in [2.45, 2.75) is 99.4 Å². The molecule has 0 bridgehead atoms. The molecule has 2 saturated carbocycles. The Bertz CT molecular complexity index is 207. The Labute approximate surface area is 122 Å². The summed E-state index contributed by atoms with van der Waals surface area (Å²) in [6.07, 6.45) is 19.1. The minimum Gasteiger partial charge on any atom is -0.334 e. The first-order chi connectivity index (χ1) is 9.45. The summed E-state index contributed by atoms with van der Waals surface area (Å²) in [5.74, 6) is 0. The summed E-state index contributed by atoms with van der Waals surface area (Å²) in [5, 5.41) is 2.06. The third-order valence-electron chi connectivity index (χ3n) is 5.32. The maximum absolute atomic E-state index is 6.26. The molecule has 1 aliphatic heterocycles. The van der Waals surface area contributed by atoms with Crippen molar-refractivity contribution < 1.29 is 4.74 Å². The van der Waals surface area contributed by atoms with E-state index in [1.165, 1.54) is 83.5 Å². The van der Waals surface area contributed by atoms with E-state index >= 15 is 0 Å². The number of rotatable bonds is 3. The molecule has 1 unspecified atom stereocenters. The van der Waals surface area contributed by atoms with Gasteiger partial charge in [-0.15, -0.1) is 0 Å². The monoisotopic (exact) mass is 283 g/mol. The highest BCUT2D eigenvalue weighted by Crippen LogP contribution is 2.38. The zero-order chi connectivity index (χ0) is 12.9. The van der Waals surface area contributed by atoms with E-state index in [2.05, 4.69) is 0 Å². The van der Waals surface area contributed by atoms with Crippen molar-refractivity contribution in [1.82, 2.24) is 0 Å². The summed E-state index contributed by atoms with van der Waals surface area (Å²) >= 11 is 0. The van der Waals surface area contributed by atoms with Crippen molar-refractivity contribution in [3.8, 4) is 0 Å². The lowest BCUT2D eigenvalue weighted by Crippen LogP contribution is -2.44. The van der Waals surface area contributed by atoms with Crippen molar-refractivity contribution in [2.24, 2.45) is 0 Å². The summed E-state index contributed by atoms with van der Waals surface area (Å²) in [6, 6.07) is 0. The van der Waals surface area contributed by atoms with Crippen LogP contribution in [0, 0.1) is 0 Å². The second-order valence-corrected chi connectivity index (χ2v) is 9.40. The first-order valence-electron chi connectivity index (χ1n) is 8.77. The average molecular weight is 284 g/mol. The van der Waals surface area contributed by atoms with Gasteiger partial charge >= 0.3 is 0 Å². The summed E-state index contributed by atoms with van der Waals surface area (Å²) in [6.45, 7) is 1.05. The van der Waals surface area contributed by atoms with E-state index in [4.69, 9.17) is 4.74 Å². The molecule has 0 spiro atoms. The van der Waals surface area contributed by atoms with Crippen LogP contribution in [0.25, 0.3) is 0 Å². The Hall–Kier alpha value is 0.310. The Kier molecular flexibility index (Phi) is 5.52. The van der Waals surface area contributed by atoms with Crippen LogP contribution in [-0.2, 0) is 15.6 Å². The largest absolute Gasteiger partial charge is 0.334 e. The first kappa shape index (κ1) is 14.3. The van der Waals surface area contributed by atoms with Crippen molar-refractivity contribution in [3.63, 3.8) is 0 Å². The van der Waals surface area contributed by atoms with E-state index in [1.54, 1.807) is 0 Å². The molecule has 0 aromatic rings. The van der Waals surface area contributed by atoms with Gasteiger partial charge in [0.15, 0.2) is 0 Å². The van der Waals surface area contributed by atoms with Crippen LogP contribution in [0.15, 0.2) is 0 Å². The van der Waals surface area contributed by atoms with E-state index in [9.17, 15) is 0 Å². The molecule has 2 aliphatic carbocycles. The number of hydrogen-bond acceptors (Lipinski definition) is 1. The molecule has 3 rings (SSSR count). The SMILES string of the molecule is C1CCC([S+](C2CCCCC2)C2CCCCO2)CC1. The Morgan fingerprint density at radius 1 is 0.579 bits per heavy atom. The van der Waals surface area contributed by atoms with Gasteiger partial charge in [-0.25, -0.2) is 0 Å². The predicted molar refractivity (Wildman–Crippen MR) is 84.7 cm³/mol. The highest BCUT2D eigenvalue weighted by atomic mass is 32.2. The van der Waals surface area contributed by atoms with Gasteiger partial charge in [-0.3, -0.25) is 0 Å². The maximum Gasteiger partial charge on any atom is 0.218 e. The smallest absolute Gasteiger partial charge is 0.218 e. The third kappa shape index (κ3) is 3.69. The summed E-state index contributed by atoms with van der Waals surface area (Å²) < 4.78 is 6.26. The second-order valence-electron chi connectivity index (χ2n) is 6.72. The molecule has 0 aromatic heterocycles. The molecule has 2 heteroatoms. The topological polar surface area (TPSA) is 9.23 Å². The van der Waals surface area contributed by atoms with Gasteiger partial charge in [-0.05, 0) is 64.2 Å². The minimum atomic E-state index is 0.594. The zero-order valence-corrected chi connectivity index (χ0v) is 13.3. The Morgan fingerprint density at radius 2 is 1.11 bits per heavy atom. The third-order valence-corrected chi connectivity index (χ3v) is 8.78. The van der Waals surface area contributed by atoms with Crippen molar-refractivity contribution in [1.29, 1.82) is 0 Å². The van der Waals surface area contributed by atoms with Crippen LogP contribution in [0.2, 0.25) is 0 Å². The molecule has 0 radical (unpaired) electrons. The predicted octanol–water partition coefficient (Wildman–Crippen LogP) is 4.80. The second kappa shape index (κ2) is 7.36. The molecule has 1 saturated heterocycles. The van der Waals surface area contributed by atoms with Crippen LogP contribution >= 0.6 is 0 Å². The first-order valence-corrected chi connectivity index (χ1v) is 10.2. The Balaban J connectivity index is 1.68. The molecule has 1 nitrogen and oxygen atoms in total. The molecule has 19 heavy (non-hydrogen) atoms. The fourth-order valence-electron chi connectivity index (χ4n) is 4.30. The van der Waals surface area contributed by atoms with Gasteiger partial charge in [0.2, 0.25) is 5.44 Å². The Morgan fingerprint density at radius 3 is 1.58 bits per heavy atom. The van der Waals surface area contributed by atoms with E-state index in [0.717, 1.165) is 17.1 Å². The van der Waals surface area contributed by atoms with Crippen molar-refractivity contribution in [2.75, 3.05) is 6.61 Å². The molecule has 0 aromatic carbocycles. The molecule has 3 aliphatic rings. The van der Waals surface area contributed by atoms with Crippen LogP contribution in [0.1, 0.15) is 83.5 Å². The summed E-state index contributed by atoms with van der Waals surface area (Å²) in [5.41, 5.74) is 0.653. The van der Waals surface area contributed by atoms with Gasteiger partial charge in [0.25, 0.3) is 0 Å². The van der Waals surface area contributed by atoms with E-state index in [-0.39, 0.29) is 0 Å². The zero-order valence-electron chi connectivity index (χ0n) is 12.4. The molecule has 0 amide bonds. The highest BCUT2D eigenvalue weighted by molar-refractivity contribution is 7.98. The number of ether oxygens (including phenoxy) is 1. The van der Waals surface area contributed by atoms with Crippen LogP contribution < -0.4 is 0 Å². The van der Waals surface area contributed by atoms with E-state index in [1.807, 2.05) is 0 Å². The molecular formula is C17H31OS+. The van der Waals surface area contributed by atoms with Gasteiger partial charge in [-0.1, -0.05) is 12.8 Å². The molecule has 1 atom stereocenters. The summed E-state index contributed by atoms with van der Waals surface area (Å²) in [7, 11) is 0.594. The van der Waals surface area contributed by atoms with E-state index in [0.29, 0.717) is 16.3 Å². The number of hydrogen-bond donors (Lipinski definition) is 0. The van der Waals surface area contributed by atoms with Crippen LogP contribution in [-0.4, -0.2) is 22.5 Å². The lowest BCUT2D eigenvalue weighted by molar-refractivity contribution is 0.0690. The fourth-order valence-corrected chi connectivity index (χ4v) is 8.15. The minimum absolute atomic E-state index is 0.594. The highest BCUT2D eigenvalue weighted by Gasteiger charge is 2.46. The molecule has 110 valence electrons. The maximum atomic E-state index is 6.26. The molecule has 3 fully saturated rings. The van der Waals surface area contributed by atoms with Gasteiger partial charge in [0.1, 0.15) is 10.5 Å². The standard InChI is InChI=1S/C17H31OS/c1-3-9-15(10-4-1)19(16-11-5-2-6-12-16)17-13-7-8-14-18-17/h15-17H,1-14H2/q+1. The van der Waals surface area contributed by atoms with Gasteiger partial charge < -0.3 is 4.74 Å². The van der Waals surface area contributed by atoms with E-state index < -0.39 is 0 Å². The van der Waals surface area contributed by atoms with Crippen molar-refractivity contribution in [3.05, 3.63) is 0 Å². The van der Waals surface area contributed by atoms with Crippen LogP contribution in [0.5, 0.6) is 0 Å². The van der Waals surface area contributed by atoms with Crippen LogP contribution in [0.4, 0.5) is 0 Å². The quantitative estimate of drug-likeness (QED) is 0.676. The van der Waals surface area contributed by atoms with Gasteiger partial charge in [0.05, 0.1) is 6.61 Å². The van der Waals surface area contributed by atoms with Gasteiger partial charge in [-0.2, -0.15) is 0 Å². The lowest BCUT2D eigenvalue weighted by atomic mass is 10.00. The molecular weight excluding hydrogens is 252 g/mol. The molecule has 0 N–H and O–H groups in total. The van der Waals surface area contributed by atoms with Crippen molar-refractivity contribution >= 4 is 10.9 Å². The summed E-state index contributed by atoms with van der Waals surface area (Å²) in [4.78, 5) is 0. The van der Waals surface area contributed by atoms with Gasteiger partial charge in [0, 0.05) is 17.3 Å². The lowest BCUT2D eigenvalue weighted by Gasteiger charge is -2.35. The fraction of sp³-hybridized carbons (Fsp3) is 1.00. The van der Waals surface area contributed by atoms with Crippen LogP contribution in [0.3, 0.4) is 0 Å². The molecule has 1 heterocycles.